The molecule has 0 aliphatic rings. The molecule has 0 atom stereocenters. The molecule has 0 aliphatic heterocycles. The number of sulfonamides is 1. The zero-order chi connectivity index (χ0) is 19.4. The summed E-state index contributed by atoms with van der Waals surface area (Å²) < 4.78 is 32.0. The lowest BCUT2D eigenvalue weighted by molar-refractivity contribution is 0.204. The van der Waals surface area contributed by atoms with Crippen molar-refractivity contribution < 1.29 is 13.2 Å². The minimum atomic E-state index is -3.54. The molecule has 1 aromatic rings. The van der Waals surface area contributed by atoms with E-state index in [-0.39, 0.29) is 11.4 Å². The highest BCUT2D eigenvalue weighted by molar-refractivity contribution is 7.89. The van der Waals surface area contributed by atoms with Gasteiger partial charge in [0.2, 0.25) is 10.0 Å². The number of unbranched alkanes of at least 4 members (excludes halogenated alkanes) is 1. The van der Waals surface area contributed by atoms with E-state index in [1.807, 2.05) is 20.0 Å². The monoisotopic (exact) mass is 384 g/mol. The molecule has 0 aliphatic carbocycles. The molecule has 148 valence electrons. The molecule has 1 rings (SSSR count). The van der Waals surface area contributed by atoms with Crippen LogP contribution in [0.2, 0.25) is 0 Å². The Bertz CT molecular complexity index is 662. The summed E-state index contributed by atoms with van der Waals surface area (Å²) in [6.07, 6.45) is 2.22. The Morgan fingerprint density at radius 2 is 2.08 bits per heavy atom. The average Bonchev–Trinajstić information content (AvgIpc) is 2.63. The number of aliphatic imine (C=N–C) groups is 1. The highest BCUT2D eigenvalue weighted by Crippen LogP contribution is 2.12. The van der Waals surface area contributed by atoms with Crippen molar-refractivity contribution in [2.24, 2.45) is 4.99 Å². The van der Waals surface area contributed by atoms with Gasteiger partial charge >= 0.3 is 0 Å². The van der Waals surface area contributed by atoms with E-state index in [0.717, 1.165) is 37.5 Å². The third-order valence-electron chi connectivity index (χ3n) is 3.76. The zero-order valence-corrected chi connectivity index (χ0v) is 17.1. The van der Waals surface area contributed by atoms with Crippen LogP contribution in [-0.4, -0.2) is 59.7 Å². The predicted octanol–water partition coefficient (Wildman–Crippen LogP) is 1.81. The first-order valence-electron chi connectivity index (χ1n) is 9.01. The minimum absolute atomic E-state index is 0.241. The van der Waals surface area contributed by atoms with Gasteiger partial charge in [-0.1, -0.05) is 25.5 Å². The number of hydrogen-bond acceptors (Lipinski definition) is 4. The molecule has 0 radical (unpaired) electrons. The van der Waals surface area contributed by atoms with Gasteiger partial charge in [0.25, 0.3) is 0 Å². The van der Waals surface area contributed by atoms with Gasteiger partial charge in [0.1, 0.15) is 0 Å². The van der Waals surface area contributed by atoms with Gasteiger partial charge in [-0.25, -0.2) is 18.1 Å². The lowest BCUT2D eigenvalue weighted by atomic mass is 10.2. The first-order chi connectivity index (χ1) is 12.4. The first-order valence-corrected chi connectivity index (χ1v) is 10.5. The van der Waals surface area contributed by atoms with E-state index in [4.69, 9.17) is 4.74 Å². The van der Waals surface area contributed by atoms with Crippen molar-refractivity contribution in [1.29, 1.82) is 0 Å². The van der Waals surface area contributed by atoms with Crippen molar-refractivity contribution >= 4 is 16.0 Å². The summed E-state index contributed by atoms with van der Waals surface area (Å²) in [6.45, 7) is 6.90. The van der Waals surface area contributed by atoms with Crippen LogP contribution in [0.1, 0.15) is 32.3 Å². The molecule has 0 amide bonds. The molecule has 0 unspecified atom stereocenters. The normalized spacial score (nSPS) is 12.2. The largest absolute Gasteiger partial charge is 0.383 e. The number of benzene rings is 1. The number of guanidine groups is 1. The molecule has 0 spiro atoms. The molecular formula is C18H32N4O3S. The molecule has 0 fully saturated rings. The molecule has 0 saturated heterocycles. The topological polar surface area (TPSA) is 83.0 Å². The van der Waals surface area contributed by atoms with Gasteiger partial charge < -0.3 is 15.0 Å². The van der Waals surface area contributed by atoms with Crippen LogP contribution < -0.4 is 10.0 Å². The van der Waals surface area contributed by atoms with Crippen LogP contribution >= 0.6 is 0 Å². The third-order valence-corrected chi connectivity index (χ3v) is 5.22. The molecular weight excluding hydrogens is 352 g/mol. The van der Waals surface area contributed by atoms with Gasteiger partial charge in [-0.15, -0.1) is 0 Å². The van der Waals surface area contributed by atoms with Crippen molar-refractivity contribution in [1.82, 2.24) is 14.9 Å². The summed E-state index contributed by atoms with van der Waals surface area (Å²) in [7, 11) is 0.00911. The molecule has 0 saturated carbocycles. The maximum Gasteiger partial charge on any atom is 0.240 e. The molecule has 2 N–H and O–H groups in total. The Hall–Kier alpha value is -1.64. The molecule has 7 nitrogen and oxygen atoms in total. The van der Waals surface area contributed by atoms with Gasteiger partial charge in [0, 0.05) is 33.8 Å². The lowest BCUT2D eigenvalue weighted by Gasteiger charge is -2.21. The van der Waals surface area contributed by atoms with E-state index in [0.29, 0.717) is 13.2 Å². The van der Waals surface area contributed by atoms with Crippen molar-refractivity contribution in [2.45, 2.75) is 38.1 Å². The van der Waals surface area contributed by atoms with E-state index < -0.39 is 10.0 Å². The number of ether oxygens (including phenoxy) is 1. The van der Waals surface area contributed by atoms with Crippen LogP contribution in [0.4, 0.5) is 0 Å². The lowest BCUT2D eigenvalue weighted by Crippen LogP contribution is -2.39. The molecule has 8 heteroatoms. The van der Waals surface area contributed by atoms with Gasteiger partial charge in [-0.2, -0.15) is 0 Å². The third kappa shape index (κ3) is 7.72. The molecule has 26 heavy (non-hydrogen) atoms. The number of methoxy groups -OCH3 is 1. The quantitative estimate of drug-likeness (QED) is 0.345. The predicted molar refractivity (Wildman–Crippen MR) is 106 cm³/mol. The SMILES string of the molecule is CCCCN(C)C(=NCc1cccc(S(=O)(=O)NCCOC)c1)NCC. The fraction of sp³-hybridized carbons (Fsp3) is 0.611. The Kier molecular flexibility index (Phi) is 10.2. The van der Waals surface area contributed by atoms with Gasteiger partial charge in [-0.05, 0) is 31.0 Å². The average molecular weight is 385 g/mol. The summed E-state index contributed by atoms with van der Waals surface area (Å²) in [4.78, 5) is 6.97. The van der Waals surface area contributed by atoms with Crippen molar-refractivity contribution in [3.8, 4) is 0 Å². The standard InChI is InChI=1S/C18H32N4O3S/c1-5-7-12-22(3)18(19-6-2)20-15-16-9-8-10-17(14-16)26(23,24)21-11-13-25-4/h8-10,14,21H,5-7,11-13,15H2,1-4H3,(H,19,20). The highest BCUT2D eigenvalue weighted by atomic mass is 32.2. The second kappa shape index (κ2) is 11.9. The van der Waals surface area contributed by atoms with Crippen molar-refractivity contribution in [3.63, 3.8) is 0 Å². The highest BCUT2D eigenvalue weighted by Gasteiger charge is 2.13. The van der Waals surface area contributed by atoms with E-state index in [1.165, 1.54) is 7.11 Å². The molecule has 0 heterocycles. The first kappa shape index (κ1) is 22.4. The van der Waals surface area contributed by atoms with E-state index >= 15 is 0 Å². The summed E-state index contributed by atoms with van der Waals surface area (Å²) >= 11 is 0. The van der Waals surface area contributed by atoms with Crippen molar-refractivity contribution in [3.05, 3.63) is 29.8 Å². The van der Waals surface area contributed by atoms with E-state index in [9.17, 15) is 8.42 Å². The van der Waals surface area contributed by atoms with Gasteiger partial charge in [0.15, 0.2) is 5.96 Å². The van der Waals surface area contributed by atoms with Crippen LogP contribution in [0.5, 0.6) is 0 Å². The second-order valence-corrected chi connectivity index (χ2v) is 7.75. The Balaban J connectivity index is 2.85. The van der Waals surface area contributed by atoms with Crippen LogP contribution in [-0.2, 0) is 21.3 Å². The molecule has 0 bridgehead atoms. The van der Waals surface area contributed by atoms with Crippen LogP contribution in [0.25, 0.3) is 0 Å². The van der Waals surface area contributed by atoms with Crippen molar-refractivity contribution in [2.75, 3.05) is 40.4 Å². The zero-order valence-electron chi connectivity index (χ0n) is 16.3. The van der Waals surface area contributed by atoms with Gasteiger partial charge in [-0.3, -0.25) is 0 Å². The number of rotatable bonds is 11. The fourth-order valence-corrected chi connectivity index (χ4v) is 3.39. The minimum Gasteiger partial charge on any atom is -0.383 e. The Morgan fingerprint density at radius 3 is 2.73 bits per heavy atom. The second-order valence-electron chi connectivity index (χ2n) is 5.98. The summed E-state index contributed by atoms with van der Waals surface area (Å²) in [5.74, 6) is 0.826. The smallest absolute Gasteiger partial charge is 0.240 e. The van der Waals surface area contributed by atoms with Crippen LogP contribution in [0, 0.1) is 0 Å². The number of nitrogens with one attached hydrogen (secondary N) is 2. The summed E-state index contributed by atoms with van der Waals surface area (Å²) in [6, 6.07) is 6.87. The Labute approximate surface area is 157 Å². The van der Waals surface area contributed by atoms with Crippen LogP contribution in [0.15, 0.2) is 34.2 Å². The summed E-state index contributed by atoms with van der Waals surface area (Å²) in [5, 5.41) is 3.27. The molecule has 0 aromatic heterocycles. The van der Waals surface area contributed by atoms with Gasteiger partial charge in [0.05, 0.1) is 18.0 Å². The maximum absolute atomic E-state index is 12.3. The van der Waals surface area contributed by atoms with E-state index in [2.05, 4.69) is 26.9 Å². The number of hydrogen-bond donors (Lipinski definition) is 2. The Morgan fingerprint density at radius 1 is 1.31 bits per heavy atom. The summed E-state index contributed by atoms with van der Waals surface area (Å²) in [5.41, 5.74) is 0.846. The van der Waals surface area contributed by atoms with Crippen LogP contribution in [0.3, 0.4) is 0 Å². The maximum atomic E-state index is 12.3. The number of nitrogens with zero attached hydrogens (tertiary/aromatic N) is 2. The fourth-order valence-electron chi connectivity index (χ4n) is 2.31. The van der Waals surface area contributed by atoms with E-state index in [1.54, 1.807) is 18.2 Å². The molecule has 1 aromatic carbocycles.